The van der Waals surface area contributed by atoms with Gasteiger partial charge in [-0.15, -0.1) is 0 Å². The Morgan fingerprint density at radius 3 is 2.53 bits per heavy atom. The summed E-state index contributed by atoms with van der Waals surface area (Å²) in [7, 11) is -1.15. The maximum atomic E-state index is 13.4. The highest BCUT2D eigenvalue weighted by Gasteiger charge is 2.35. The fourth-order valence-electron chi connectivity index (χ4n) is 3.32. The second-order valence-electron chi connectivity index (χ2n) is 6.84. The first-order valence-corrected chi connectivity index (χ1v) is 10.7. The molecular formula is C20H22F2N2O5S. The van der Waals surface area contributed by atoms with Gasteiger partial charge >= 0.3 is 0 Å². The molecule has 0 bridgehead atoms. The molecule has 162 valence electrons. The number of nitrogens with one attached hydrogen (secondary N) is 1. The first-order chi connectivity index (χ1) is 14.3. The molecule has 0 aliphatic carbocycles. The van der Waals surface area contributed by atoms with Crippen LogP contribution in [0.4, 0.5) is 14.5 Å². The number of carbonyl (C=O) groups excluding carboxylic acids is 1. The van der Waals surface area contributed by atoms with Gasteiger partial charge < -0.3 is 14.8 Å². The molecule has 2 aromatic rings. The number of benzene rings is 2. The lowest BCUT2D eigenvalue weighted by Crippen LogP contribution is -2.43. The van der Waals surface area contributed by atoms with Crippen molar-refractivity contribution < 1.29 is 31.5 Å². The molecule has 1 saturated heterocycles. The quantitative estimate of drug-likeness (QED) is 0.747. The van der Waals surface area contributed by atoms with Crippen LogP contribution in [0, 0.1) is 17.6 Å². The molecule has 1 aliphatic heterocycles. The number of anilines is 1. The molecule has 2 aromatic carbocycles. The zero-order valence-electron chi connectivity index (χ0n) is 16.5. The fraction of sp³-hybridized carbons (Fsp3) is 0.350. The number of nitrogens with zero attached hydrogens (tertiary/aromatic N) is 1. The maximum Gasteiger partial charge on any atom is 0.246 e. The van der Waals surface area contributed by atoms with Crippen LogP contribution < -0.4 is 14.8 Å². The Morgan fingerprint density at radius 2 is 1.87 bits per heavy atom. The lowest BCUT2D eigenvalue weighted by atomic mass is 9.98. The largest absolute Gasteiger partial charge is 0.497 e. The minimum Gasteiger partial charge on any atom is -0.497 e. The van der Waals surface area contributed by atoms with Gasteiger partial charge in [-0.3, -0.25) is 4.79 Å². The Kier molecular flexibility index (Phi) is 6.57. The molecule has 1 heterocycles. The predicted molar refractivity (Wildman–Crippen MR) is 106 cm³/mol. The molecule has 1 N–H and O–H groups in total. The summed E-state index contributed by atoms with van der Waals surface area (Å²) in [5, 5.41) is 2.52. The van der Waals surface area contributed by atoms with Crippen LogP contribution in [0.2, 0.25) is 0 Å². The topological polar surface area (TPSA) is 84.9 Å². The number of piperidine rings is 1. The van der Waals surface area contributed by atoms with Crippen molar-refractivity contribution in [3.05, 3.63) is 48.0 Å². The number of hydrogen-bond acceptors (Lipinski definition) is 5. The van der Waals surface area contributed by atoms with E-state index in [1.165, 1.54) is 36.7 Å². The maximum absolute atomic E-state index is 13.4. The molecule has 1 aliphatic rings. The number of carbonyl (C=O) groups is 1. The molecule has 10 heteroatoms. The molecule has 1 amide bonds. The standard InChI is InChI=1S/C20H22F2N2O5S/c1-28-15-6-8-18(29-2)19(11-15)30(26,27)24-9-3-4-13(12-24)20(25)23-14-5-7-16(21)17(22)10-14/h5-8,10-11,13H,3-4,9,12H2,1-2H3,(H,23,25)/t13-/m1/s1. The number of amides is 1. The van der Waals surface area contributed by atoms with E-state index in [4.69, 9.17) is 9.47 Å². The van der Waals surface area contributed by atoms with E-state index in [1.807, 2.05) is 0 Å². The zero-order valence-corrected chi connectivity index (χ0v) is 17.3. The average Bonchev–Trinajstić information content (AvgIpc) is 2.75. The summed E-state index contributed by atoms with van der Waals surface area (Å²) in [6.07, 6.45) is 0.943. The van der Waals surface area contributed by atoms with Gasteiger partial charge in [0.05, 0.1) is 20.1 Å². The van der Waals surface area contributed by atoms with Crippen LogP contribution in [0.15, 0.2) is 41.3 Å². The van der Waals surface area contributed by atoms with Gasteiger partial charge in [0.15, 0.2) is 11.6 Å². The SMILES string of the molecule is COc1ccc(OC)c(S(=O)(=O)N2CCC[C@@H](C(=O)Nc3ccc(F)c(F)c3)C2)c1. The molecule has 30 heavy (non-hydrogen) atoms. The monoisotopic (exact) mass is 440 g/mol. The van der Waals surface area contributed by atoms with E-state index in [2.05, 4.69) is 5.32 Å². The summed E-state index contributed by atoms with van der Waals surface area (Å²) in [5.74, 6) is -2.67. The molecule has 0 radical (unpaired) electrons. The highest BCUT2D eigenvalue weighted by atomic mass is 32.2. The van der Waals surface area contributed by atoms with E-state index in [-0.39, 0.29) is 29.4 Å². The summed E-state index contributed by atoms with van der Waals surface area (Å²) < 4.78 is 64.4. The fourth-order valence-corrected chi connectivity index (χ4v) is 5.01. The molecule has 0 unspecified atom stereocenters. The van der Waals surface area contributed by atoms with Gasteiger partial charge in [0, 0.05) is 30.9 Å². The Balaban J connectivity index is 1.79. The van der Waals surface area contributed by atoms with Crippen LogP contribution in [-0.2, 0) is 14.8 Å². The highest BCUT2D eigenvalue weighted by molar-refractivity contribution is 7.89. The molecule has 0 aromatic heterocycles. The molecular weight excluding hydrogens is 418 g/mol. The van der Waals surface area contributed by atoms with Gasteiger partial charge in [0.25, 0.3) is 0 Å². The summed E-state index contributed by atoms with van der Waals surface area (Å²) in [6.45, 7) is 0.204. The highest BCUT2D eigenvalue weighted by Crippen LogP contribution is 2.33. The van der Waals surface area contributed by atoms with E-state index < -0.39 is 33.5 Å². The van der Waals surface area contributed by atoms with Crippen LogP contribution in [0.25, 0.3) is 0 Å². The van der Waals surface area contributed by atoms with E-state index in [9.17, 15) is 22.0 Å². The van der Waals surface area contributed by atoms with Crippen molar-refractivity contribution >= 4 is 21.6 Å². The molecule has 1 fully saturated rings. The lowest BCUT2D eigenvalue weighted by Gasteiger charge is -2.31. The van der Waals surface area contributed by atoms with Gasteiger partial charge in [0.1, 0.15) is 16.4 Å². The first-order valence-electron chi connectivity index (χ1n) is 9.24. The second-order valence-corrected chi connectivity index (χ2v) is 8.74. The third-order valence-electron chi connectivity index (χ3n) is 4.93. The van der Waals surface area contributed by atoms with E-state index in [0.29, 0.717) is 18.6 Å². The molecule has 3 rings (SSSR count). The summed E-state index contributed by atoms with van der Waals surface area (Å²) in [6, 6.07) is 7.51. The van der Waals surface area contributed by atoms with Crippen LogP contribution in [-0.4, -0.2) is 45.9 Å². The van der Waals surface area contributed by atoms with Crippen molar-refractivity contribution in [3.63, 3.8) is 0 Å². The van der Waals surface area contributed by atoms with Crippen molar-refractivity contribution in [3.8, 4) is 11.5 Å². The zero-order chi connectivity index (χ0) is 21.9. The smallest absolute Gasteiger partial charge is 0.246 e. The molecule has 1 atom stereocenters. The number of sulfonamides is 1. The van der Waals surface area contributed by atoms with Crippen LogP contribution in [0.3, 0.4) is 0 Å². The Labute approximate surface area is 173 Å². The number of rotatable bonds is 6. The van der Waals surface area contributed by atoms with E-state index in [0.717, 1.165) is 12.1 Å². The molecule has 7 nitrogen and oxygen atoms in total. The van der Waals surface area contributed by atoms with Gasteiger partial charge in [-0.05, 0) is 37.1 Å². The Hall–Kier alpha value is -2.72. The number of halogens is 2. The van der Waals surface area contributed by atoms with Gasteiger partial charge in [-0.2, -0.15) is 4.31 Å². The van der Waals surface area contributed by atoms with Crippen LogP contribution in [0.1, 0.15) is 12.8 Å². The van der Waals surface area contributed by atoms with Crippen molar-refractivity contribution in [2.45, 2.75) is 17.7 Å². The van der Waals surface area contributed by atoms with Crippen molar-refractivity contribution in [2.24, 2.45) is 5.92 Å². The average molecular weight is 440 g/mol. The number of methoxy groups -OCH3 is 2. The van der Waals surface area contributed by atoms with E-state index >= 15 is 0 Å². The van der Waals surface area contributed by atoms with Crippen molar-refractivity contribution in [1.29, 1.82) is 0 Å². The molecule has 0 spiro atoms. The first kappa shape index (κ1) is 22.0. The van der Waals surface area contributed by atoms with Crippen LogP contribution >= 0.6 is 0 Å². The summed E-state index contributed by atoms with van der Waals surface area (Å²) in [4.78, 5) is 12.6. The third-order valence-corrected chi connectivity index (χ3v) is 6.82. The molecule has 0 saturated carbocycles. The summed E-state index contributed by atoms with van der Waals surface area (Å²) in [5.41, 5.74) is 0.105. The van der Waals surface area contributed by atoms with Gasteiger partial charge in [-0.1, -0.05) is 0 Å². The van der Waals surface area contributed by atoms with Crippen LogP contribution in [0.5, 0.6) is 11.5 Å². The predicted octanol–water partition coefficient (Wildman–Crippen LogP) is 3.02. The van der Waals surface area contributed by atoms with Gasteiger partial charge in [-0.25, -0.2) is 17.2 Å². The number of ether oxygens (including phenoxy) is 2. The van der Waals surface area contributed by atoms with Crippen molar-refractivity contribution in [2.75, 3.05) is 32.6 Å². The normalized spacial score (nSPS) is 17.4. The summed E-state index contributed by atoms with van der Waals surface area (Å²) >= 11 is 0. The minimum absolute atomic E-state index is 0.0434. The Bertz CT molecular complexity index is 1050. The minimum atomic E-state index is -3.95. The lowest BCUT2D eigenvalue weighted by molar-refractivity contribution is -0.120. The Morgan fingerprint density at radius 1 is 1.10 bits per heavy atom. The van der Waals surface area contributed by atoms with E-state index in [1.54, 1.807) is 6.07 Å². The third kappa shape index (κ3) is 4.54. The van der Waals surface area contributed by atoms with Crippen molar-refractivity contribution in [1.82, 2.24) is 4.31 Å². The second kappa shape index (κ2) is 8.97. The van der Waals surface area contributed by atoms with Gasteiger partial charge in [0.2, 0.25) is 15.9 Å². The number of hydrogen-bond donors (Lipinski definition) is 1.